The molecule has 2 aromatic carbocycles. The zero-order chi connectivity index (χ0) is 22.7. The van der Waals surface area contributed by atoms with E-state index in [0.29, 0.717) is 11.4 Å². The Morgan fingerprint density at radius 1 is 1.25 bits per heavy atom. The standard InChI is InChI=1S/C28H28N4/c1-5-28-17-27(28,4)23-11-7-6-10-21(23)26(31-28)32(24-12-8-9-19(24)3)25(30)22-15-20(16-29)14-13-18(22)2/h6-15,24,30H,5,17H2,1-4H3/t24?,27?,28-/m0/s1. The molecule has 2 aromatic rings. The number of benzene rings is 2. The molecule has 3 aliphatic rings. The zero-order valence-electron chi connectivity index (χ0n) is 19.1. The number of nitrogens with one attached hydrogen (secondary N) is 1. The molecule has 4 heteroatoms. The van der Waals surface area contributed by atoms with Crippen LogP contribution in [0.2, 0.25) is 0 Å². The van der Waals surface area contributed by atoms with Gasteiger partial charge in [0.1, 0.15) is 11.7 Å². The molecule has 1 heterocycles. The Morgan fingerprint density at radius 2 is 2.03 bits per heavy atom. The highest BCUT2D eigenvalue weighted by molar-refractivity contribution is 6.16. The molecule has 0 amide bonds. The number of nitriles is 1. The second-order valence-corrected chi connectivity index (χ2v) is 9.48. The monoisotopic (exact) mass is 420 g/mol. The summed E-state index contributed by atoms with van der Waals surface area (Å²) in [6.45, 7) is 8.65. The Kier molecular flexibility index (Phi) is 4.49. The summed E-state index contributed by atoms with van der Waals surface area (Å²) in [5, 5.41) is 18.8. The van der Waals surface area contributed by atoms with Gasteiger partial charge < -0.3 is 0 Å². The van der Waals surface area contributed by atoms with E-state index < -0.39 is 0 Å². The molecular weight excluding hydrogens is 392 g/mol. The van der Waals surface area contributed by atoms with Crippen molar-refractivity contribution in [2.45, 2.75) is 57.5 Å². The number of hydrogen-bond donors (Lipinski definition) is 1. The van der Waals surface area contributed by atoms with Crippen LogP contribution in [0.4, 0.5) is 0 Å². The van der Waals surface area contributed by atoms with Gasteiger partial charge in [0.25, 0.3) is 0 Å². The van der Waals surface area contributed by atoms with Crippen molar-refractivity contribution >= 4 is 11.7 Å². The highest BCUT2D eigenvalue weighted by atomic mass is 15.3. The first kappa shape index (κ1) is 20.5. The Morgan fingerprint density at radius 3 is 2.72 bits per heavy atom. The van der Waals surface area contributed by atoms with Crippen LogP contribution in [0.3, 0.4) is 0 Å². The molecule has 0 radical (unpaired) electrons. The summed E-state index contributed by atoms with van der Waals surface area (Å²) >= 11 is 0. The second-order valence-electron chi connectivity index (χ2n) is 9.48. The average Bonchev–Trinajstić information content (AvgIpc) is 3.23. The van der Waals surface area contributed by atoms with Crippen LogP contribution in [0, 0.1) is 23.7 Å². The van der Waals surface area contributed by atoms with Crippen molar-refractivity contribution in [1.29, 1.82) is 10.7 Å². The van der Waals surface area contributed by atoms with E-state index in [9.17, 15) is 10.7 Å². The minimum atomic E-state index is -0.112. The number of nitrogens with zero attached hydrogens (tertiary/aromatic N) is 3. The SMILES string of the molecule is CC[C@]12CC1(C)c1ccccc1C(N(C(=N)c1cc(C#N)ccc1C)C1C=CC=C1C)=N2. The number of fused-ring (bicyclic) bond motifs is 3. The van der Waals surface area contributed by atoms with Gasteiger partial charge in [-0.05, 0) is 55.5 Å². The number of hydrogen-bond acceptors (Lipinski definition) is 3. The van der Waals surface area contributed by atoms with Crippen LogP contribution in [-0.2, 0) is 5.41 Å². The second kappa shape index (κ2) is 7.03. The summed E-state index contributed by atoms with van der Waals surface area (Å²) in [6, 6.07) is 16.3. The Bertz CT molecular complexity index is 1270. The van der Waals surface area contributed by atoms with Gasteiger partial charge in [-0.25, -0.2) is 0 Å². The predicted molar refractivity (Wildman–Crippen MR) is 129 cm³/mol. The van der Waals surface area contributed by atoms with E-state index in [1.165, 1.54) is 11.1 Å². The van der Waals surface area contributed by atoms with Crippen LogP contribution in [0.1, 0.15) is 61.4 Å². The summed E-state index contributed by atoms with van der Waals surface area (Å²) in [5.41, 5.74) is 5.88. The largest absolute Gasteiger partial charge is 0.300 e. The Hall–Kier alpha value is -3.45. The molecule has 0 bridgehead atoms. The maximum atomic E-state index is 9.46. The number of aryl methyl sites for hydroxylation is 1. The van der Waals surface area contributed by atoms with Crippen molar-refractivity contribution in [1.82, 2.24) is 4.90 Å². The third kappa shape index (κ3) is 2.74. The summed E-state index contributed by atoms with van der Waals surface area (Å²) in [7, 11) is 0. The van der Waals surface area contributed by atoms with Gasteiger partial charge in [0, 0.05) is 16.5 Å². The van der Waals surface area contributed by atoms with E-state index in [1.807, 2.05) is 25.1 Å². The lowest BCUT2D eigenvalue weighted by molar-refractivity contribution is 0.504. The highest BCUT2D eigenvalue weighted by Crippen LogP contribution is 2.64. The number of rotatable bonds is 3. The lowest BCUT2D eigenvalue weighted by Gasteiger charge is -2.38. The van der Waals surface area contributed by atoms with Gasteiger partial charge in [-0.1, -0.05) is 62.4 Å². The molecule has 1 aliphatic heterocycles. The van der Waals surface area contributed by atoms with E-state index >= 15 is 0 Å². The van der Waals surface area contributed by atoms with Gasteiger partial charge in [0.15, 0.2) is 0 Å². The summed E-state index contributed by atoms with van der Waals surface area (Å²) < 4.78 is 0. The molecular formula is C28H28N4. The van der Waals surface area contributed by atoms with E-state index in [-0.39, 0.29) is 17.0 Å². The quantitative estimate of drug-likeness (QED) is 0.515. The van der Waals surface area contributed by atoms with Gasteiger partial charge >= 0.3 is 0 Å². The normalized spacial score (nSPS) is 27.0. The number of amidine groups is 2. The summed E-state index contributed by atoms with van der Waals surface area (Å²) in [4.78, 5) is 7.47. The molecule has 1 saturated carbocycles. The Labute approximate surface area is 190 Å². The highest BCUT2D eigenvalue weighted by Gasteiger charge is 2.67. The predicted octanol–water partition coefficient (Wildman–Crippen LogP) is 5.65. The molecule has 3 atom stereocenters. The molecule has 0 saturated heterocycles. The molecule has 1 fully saturated rings. The molecule has 4 nitrogen and oxygen atoms in total. The van der Waals surface area contributed by atoms with Crippen LogP contribution >= 0.6 is 0 Å². The summed E-state index contributed by atoms with van der Waals surface area (Å²) in [5.74, 6) is 1.25. The van der Waals surface area contributed by atoms with Crippen LogP contribution < -0.4 is 0 Å². The fourth-order valence-electron chi connectivity index (χ4n) is 5.56. The zero-order valence-corrected chi connectivity index (χ0v) is 19.1. The third-order valence-electron chi connectivity index (χ3n) is 7.70. The van der Waals surface area contributed by atoms with Gasteiger partial charge in [-0.3, -0.25) is 15.3 Å². The molecule has 1 N–H and O–H groups in total. The molecule has 2 unspecified atom stereocenters. The average molecular weight is 421 g/mol. The molecule has 0 aromatic heterocycles. The van der Waals surface area contributed by atoms with Gasteiger partial charge in [-0.2, -0.15) is 5.26 Å². The lowest BCUT2D eigenvalue weighted by atomic mass is 9.84. The van der Waals surface area contributed by atoms with Crippen molar-refractivity contribution in [3.05, 3.63) is 94.1 Å². The van der Waals surface area contributed by atoms with E-state index in [4.69, 9.17) is 4.99 Å². The number of aliphatic imine (C=N–C) groups is 1. The molecule has 160 valence electrons. The van der Waals surface area contributed by atoms with Crippen molar-refractivity contribution in [2.24, 2.45) is 4.99 Å². The fraction of sp³-hybridized carbons (Fsp3) is 0.321. The van der Waals surface area contributed by atoms with Crippen molar-refractivity contribution < 1.29 is 0 Å². The van der Waals surface area contributed by atoms with Crippen molar-refractivity contribution in [3.63, 3.8) is 0 Å². The first-order valence-electron chi connectivity index (χ1n) is 11.3. The van der Waals surface area contributed by atoms with Gasteiger partial charge in [0.05, 0.1) is 23.2 Å². The topological polar surface area (TPSA) is 63.2 Å². The summed E-state index contributed by atoms with van der Waals surface area (Å²) in [6.07, 6.45) is 8.32. The Balaban J connectivity index is 1.72. The third-order valence-corrected chi connectivity index (χ3v) is 7.70. The maximum Gasteiger partial charge on any atom is 0.138 e. The van der Waals surface area contributed by atoms with Crippen LogP contribution in [-0.4, -0.2) is 28.2 Å². The minimum absolute atomic E-state index is 0.0583. The van der Waals surface area contributed by atoms with Gasteiger partial charge in [0.2, 0.25) is 0 Å². The van der Waals surface area contributed by atoms with Crippen LogP contribution in [0.15, 0.2) is 71.3 Å². The van der Waals surface area contributed by atoms with Crippen molar-refractivity contribution in [3.8, 4) is 6.07 Å². The van der Waals surface area contributed by atoms with E-state index in [2.05, 4.69) is 74.2 Å². The molecule has 0 spiro atoms. The molecule has 5 rings (SSSR count). The smallest absolute Gasteiger partial charge is 0.138 e. The molecule has 32 heavy (non-hydrogen) atoms. The van der Waals surface area contributed by atoms with Crippen molar-refractivity contribution in [2.75, 3.05) is 0 Å². The van der Waals surface area contributed by atoms with Crippen LogP contribution in [0.25, 0.3) is 0 Å². The fourth-order valence-corrected chi connectivity index (χ4v) is 5.56. The molecule has 2 aliphatic carbocycles. The maximum absolute atomic E-state index is 9.46. The first-order valence-corrected chi connectivity index (χ1v) is 11.3. The van der Waals surface area contributed by atoms with E-state index in [0.717, 1.165) is 35.4 Å². The van der Waals surface area contributed by atoms with Crippen LogP contribution in [0.5, 0.6) is 0 Å². The number of allylic oxidation sites excluding steroid dienone is 2. The minimum Gasteiger partial charge on any atom is -0.300 e. The van der Waals surface area contributed by atoms with E-state index in [1.54, 1.807) is 0 Å². The lowest BCUT2D eigenvalue weighted by Crippen LogP contribution is -2.47. The first-order chi connectivity index (χ1) is 15.3. The van der Waals surface area contributed by atoms with Gasteiger partial charge in [-0.15, -0.1) is 0 Å².